The normalized spacial score (nSPS) is 15.2. The van der Waals surface area contributed by atoms with E-state index in [4.69, 9.17) is 21.1 Å². The number of nitrogens with zero attached hydrogens (tertiary/aromatic N) is 3. The van der Waals surface area contributed by atoms with Crippen LogP contribution in [-0.4, -0.2) is 46.1 Å². The number of carboxylic acids is 1. The number of nitro benzene ring substituents is 1. The van der Waals surface area contributed by atoms with Crippen LogP contribution in [0.25, 0.3) is 6.08 Å². The lowest BCUT2D eigenvalue weighted by Gasteiger charge is -2.13. The fourth-order valence-corrected chi connectivity index (χ4v) is 4.72. The molecule has 0 unspecified atom stereocenters. The number of amidine groups is 1. The standard InChI is InChI=1S/C26H20ClN3O7S/c1-29-24(31)22(38-26(29)28-18-5-3-4-17(13-18)25(32)33)12-16-10-20(27)23(21(11-16)36-2)37-14-15-6-8-19(9-7-15)30(34)35/h3-13H,14H2,1-2H3,(H,32,33). The molecule has 1 amide bonds. The lowest BCUT2D eigenvalue weighted by Crippen LogP contribution is -2.23. The minimum atomic E-state index is -1.07. The van der Waals surface area contributed by atoms with Gasteiger partial charge in [0.15, 0.2) is 16.7 Å². The Bertz CT molecular complexity index is 1490. The molecule has 12 heteroatoms. The van der Waals surface area contributed by atoms with Crippen LogP contribution in [0, 0.1) is 10.1 Å². The van der Waals surface area contributed by atoms with Gasteiger partial charge in [-0.1, -0.05) is 17.7 Å². The zero-order valence-electron chi connectivity index (χ0n) is 20.1. The number of thioether (sulfide) groups is 1. The van der Waals surface area contributed by atoms with E-state index in [1.54, 1.807) is 49.5 Å². The molecule has 0 atom stereocenters. The van der Waals surface area contributed by atoms with Crippen LogP contribution < -0.4 is 9.47 Å². The molecule has 10 nitrogen and oxygen atoms in total. The van der Waals surface area contributed by atoms with Crippen molar-refractivity contribution in [1.82, 2.24) is 4.90 Å². The van der Waals surface area contributed by atoms with Crippen molar-refractivity contribution >= 4 is 57.9 Å². The number of rotatable bonds is 8. The molecule has 0 saturated carbocycles. The summed E-state index contributed by atoms with van der Waals surface area (Å²) in [7, 11) is 3.04. The van der Waals surface area contributed by atoms with Gasteiger partial charge < -0.3 is 14.6 Å². The monoisotopic (exact) mass is 553 g/mol. The molecule has 4 rings (SSSR count). The molecule has 194 valence electrons. The average molecular weight is 554 g/mol. The number of ether oxygens (including phenoxy) is 2. The highest BCUT2D eigenvalue weighted by Crippen LogP contribution is 2.39. The molecule has 0 aromatic heterocycles. The van der Waals surface area contributed by atoms with Crippen molar-refractivity contribution in [2.24, 2.45) is 4.99 Å². The Hall–Kier alpha value is -4.35. The number of hydrogen-bond donors (Lipinski definition) is 1. The van der Waals surface area contributed by atoms with Gasteiger partial charge in [0, 0.05) is 19.2 Å². The number of likely N-dealkylation sites (N-methyl/N-ethyl adjacent to an activating group) is 1. The average Bonchev–Trinajstić information content (AvgIpc) is 3.15. The molecule has 0 radical (unpaired) electrons. The molecule has 1 aliphatic heterocycles. The Morgan fingerprint density at radius 1 is 1.21 bits per heavy atom. The van der Waals surface area contributed by atoms with E-state index in [0.29, 0.717) is 32.6 Å². The van der Waals surface area contributed by atoms with Gasteiger partial charge in [0.05, 0.1) is 33.2 Å². The molecular formula is C26H20ClN3O7S. The molecule has 1 heterocycles. The van der Waals surface area contributed by atoms with E-state index in [1.165, 1.54) is 36.3 Å². The highest BCUT2D eigenvalue weighted by molar-refractivity contribution is 8.18. The predicted molar refractivity (Wildman–Crippen MR) is 144 cm³/mol. The first kappa shape index (κ1) is 26.7. The second kappa shape index (κ2) is 11.4. The number of hydrogen-bond acceptors (Lipinski definition) is 8. The van der Waals surface area contributed by atoms with E-state index in [0.717, 1.165) is 11.8 Å². The first-order valence-corrected chi connectivity index (χ1v) is 12.2. The Morgan fingerprint density at radius 2 is 1.95 bits per heavy atom. The Balaban J connectivity index is 1.55. The maximum Gasteiger partial charge on any atom is 0.335 e. The van der Waals surface area contributed by atoms with Gasteiger partial charge in [0.25, 0.3) is 11.6 Å². The first-order chi connectivity index (χ1) is 18.2. The van der Waals surface area contributed by atoms with Gasteiger partial charge in [-0.3, -0.25) is 19.8 Å². The van der Waals surface area contributed by atoms with Crippen molar-refractivity contribution in [3.05, 3.63) is 97.4 Å². The van der Waals surface area contributed by atoms with Gasteiger partial charge in [-0.05, 0) is 71.4 Å². The number of aromatic carboxylic acids is 1. The topological polar surface area (TPSA) is 132 Å². The molecule has 1 fully saturated rings. The second-order valence-corrected chi connectivity index (χ2v) is 9.39. The number of methoxy groups -OCH3 is 1. The zero-order chi connectivity index (χ0) is 27.4. The van der Waals surface area contributed by atoms with Crippen LogP contribution in [0.15, 0.2) is 70.6 Å². The summed E-state index contributed by atoms with van der Waals surface area (Å²) in [6, 6.07) is 15.4. The van der Waals surface area contributed by atoms with E-state index < -0.39 is 10.9 Å². The van der Waals surface area contributed by atoms with Crippen LogP contribution >= 0.6 is 23.4 Å². The minimum absolute atomic E-state index is 0.0197. The zero-order valence-corrected chi connectivity index (χ0v) is 21.7. The quantitative estimate of drug-likeness (QED) is 0.211. The summed E-state index contributed by atoms with van der Waals surface area (Å²) >= 11 is 7.62. The van der Waals surface area contributed by atoms with E-state index in [-0.39, 0.29) is 34.5 Å². The molecule has 3 aromatic carbocycles. The van der Waals surface area contributed by atoms with Gasteiger partial charge in [0.2, 0.25) is 0 Å². The summed E-state index contributed by atoms with van der Waals surface area (Å²) in [6.07, 6.45) is 1.65. The molecular weight excluding hydrogens is 534 g/mol. The molecule has 0 aliphatic carbocycles. The van der Waals surface area contributed by atoms with Gasteiger partial charge in [-0.15, -0.1) is 0 Å². The third kappa shape index (κ3) is 5.96. The molecule has 38 heavy (non-hydrogen) atoms. The second-order valence-electron chi connectivity index (χ2n) is 7.97. The third-order valence-corrected chi connectivity index (χ3v) is 6.74. The maximum atomic E-state index is 12.8. The number of halogens is 1. The van der Waals surface area contributed by atoms with Crippen molar-refractivity contribution in [2.45, 2.75) is 6.61 Å². The van der Waals surface area contributed by atoms with Crippen LogP contribution in [0.4, 0.5) is 11.4 Å². The third-order valence-electron chi connectivity index (χ3n) is 5.40. The SMILES string of the molecule is COc1cc(C=C2SC(=Nc3cccc(C(=O)O)c3)N(C)C2=O)cc(Cl)c1OCc1ccc([N+](=O)[O-])cc1. The molecule has 1 N–H and O–H groups in total. The summed E-state index contributed by atoms with van der Waals surface area (Å²) < 4.78 is 11.3. The van der Waals surface area contributed by atoms with Crippen molar-refractivity contribution in [2.75, 3.05) is 14.2 Å². The van der Waals surface area contributed by atoms with Crippen LogP contribution in [0.1, 0.15) is 21.5 Å². The largest absolute Gasteiger partial charge is 0.493 e. The Kier molecular flexibility index (Phi) is 7.99. The lowest BCUT2D eigenvalue weighted by atomic mass is 10.1. The van der Waals surface area contributed by atoms with Crippen molar-refractivity contribution < 1.29 is 29.1 Å². The van der Waals surface area contributed by atoms with Crippen LogP contribution in [0.3, 0.4) is 0 Å². The van der Waals surface area contributed by atoms with Crippen molar-refractivity contribution in [3.8, 4) is 11.5 Å². The van der Waals surface area contributed by atoms with Gasteiger partial charge in [0.1, 0.15) is 6.61 Å². The summed E-state index contributed by atoms with van der Waals surface area (Å²) in [5.41, 5.74) is 1.78. The maximum absolute atomic E-state index is 12.8. The van der Waals surface area contributed by atoms with Crippen LogP contribution in [0.5, 0.6) is 11.5 Å². The molecule has 1 aliphatic rings. The lowest BCUT2D eigenvalue weighted by molar-refractivity contribution is -0.384. The molecule has 3 aromatic rings. The summed E-state index contributed by atoms with van der Waals surface area (Å²) in [6.45, 7) is 0.108. The number of carboxylic acid groups (broad SMARTS) is 1. The van der Waals surface area contributed by atoms with E-state index in [2.05, 4.69) is 4.99 Å². The minimum Gasteiger partial charge on any atom is -0.493 e. The number of amides is 1. The molecule has 1 saturated heterocycles. The Morgan fingerprint density at radius 3 is 2.61 bits per heavy atom. The molecule has 0 spiro atoms. The van der Waals surface area contributed by atoms with Gasteiger partial charge >= 0.3 is 5.97 Å². The fourth-order valence-electron chi connectivity index (χ4n) is 3.45. The van der Waals surface area contributed by atoms with Gasteiger partial charge in [-0.2, -0.15) is 0 Å². The van der Waals surface area contributed by atoms with E-state index >= 15 is 0 Å². The fraction of sp³-hybridized carbons (Fsp3) is 0.115. The molecule has 0 bridgehead atoms. The van der Waals surface area contributed by atoms with E-state index in [1.807, 2.05) is 0 Å². The number of carbonyl (C=O) groups excluding carboxylic acids is 1. The van der Waals surface area contributed by atoms with Gasteiger partial charge in [-0.25, -0.2) is 9.79 Å². The number of benzene rings is 3. The number of carbonyl (C=O) groups is 2. The van der Waals surface area contributed by atoms with Crippen LogP contribution in [-0.2, 0) is 11.4 Å². The first-order valence-electron chi connectivity index (χ1n) is 11.0. The Labute approximate surface area is 226 Å². The van der Waals surface area contributed by atoms with Crippen molar-refractivity contribution in [1.29, 1.82) is 0 Å². The summed E-state index contributed by atoms with van der Waals surface area (Å²) in [4.78, 5) is 40.6. The van der Waals surface area contributed by atoms with Crippen LogP contribution in [0.2, 0.25) is 5.02 Å². The number of nitro groups is 1. The van der Waals surface area contributed by atoms with Crippen molar-refractivity contribution in [3.63, 3.8) is 0 Å². The highest BCUT2D eigenvalue weighted by atomic mass is 35.5. The summed E-state index contributed by atoms with van der Waals surface area (Å²) in [5.74, 6) is -0.717. The predicted octanol–water partition coefficient (Wildman–Crippen LogP) is 5.77. The smallest absolute Gasteiger partial charge is 0.335 e. The number of non-ortho nitro benzene ring substituents is 1. The summed E-state index contributed by atoms with van der Waals surface area (Å²) in [5, 5.41) is 20.7. The number of aliphatic imine (C=N–C) groups is 1. The van der Waals surface area contributed by atoms with E-state index in [9.17, 15) is 24.8 Å². The highest BCUT2D eigenvalue weighted by Gasteiger charge is 2.30.